The van der Waals surface area contributed by atoms with Crippen LogP contribution in [0.3, 0.4) is 0 Å². The Morgan fingerprint density at radius 2 is 1.70 bits per heavy atom. The lowest BCUT2D eigenvalue weighted by Crippen LogP contribution is -2.53. The van der Waals surface area contributed by atoms with E-state index in [9.17, 15) is 26.9 Å². The largest absolute Gasteiger partial charge is 0.476 e. The maximum absolute atomic E-state index is 14.8. The summed E-state index contributed by atoms with van der Waals surface area (Å²) >= 11 is 0. The fourth-order valence-electron chi connectivity index (χ4n) is 5.16. The van der Waals surface area contributed by atoms with Gasteiger partial charge >= 0.3 is 6.18 Å². The van der Waals surface area contributed by atoms with E-state index in [2.05, 4.69) is 38.2 Å². The minimum Gasteiger partial charge on any atom is -0.476 e. The fourth-order valence-corrected chi connectivity index (χ4v) is 6.80. The summed E-state index contributed by atoms with van der Waals surface area (Å²) in [5.41, 5.74) is 8.35. The van der Waals surface area contributed by atoms with Crippen LogP contribution in [0, 0.1) is 11.7 Å². The van der Waals surface area contributed by atoms with E-state index in [0.717, 1.165) is 11.6 Å². The minimum absolute atomic E-state index is 0.0286. The van der Waals surface area contributed by atoms with Gasteiger partial charge in [-0.25, -0.2) is 4.39 Å². The molecule has 4 N–H and O–H groups in total. The molecule has 1 fully saturated rings. The smallest absolute Gasteiger partial charge is 0.427 e. The molecule has 3 aromatic carbocycles. The lowest BCUT2D eigenvalue weighted by atomic mass is 9.86. The minimum atomic E-state index is -4.81. The van der Waals surface area contributed by atoms with Gasteiger partial charge in [0, 0.05) is 40.8 Å². The van der Waals surface area contributed by atoms with Gasteiger partial charge in [0.05, 0.1) is 19.3 Å². The monoisotopic (exact) mass is 636 g/mol. The summed E-state index contributed by atoms with van der Waals surface area (Å²) in [5, 5.41) is 14.5. The molecule has 240 valence electrons. The SMILES string of the molecule is CC(C)(C)c1cccc(CN[C@H]2C[S@](=O)C[C@@H](Cc3cc(F)c(N)c(O[C@H](COCc4ccccc4)C(F)(F)F)c3)[C@@H]2O)c1. The van der Waals surface area contributed by atoms with Gasteiger partial charge in [-0.1, -0.05) is 75.4 Å². The topological polar surface area (TPSA) is 93.8 Å². The third-order valence-corrected chi connectivity index (χ3v) is 9.22. The molecule has 1 saturated heterocycles. The molecular formula is C33H40F4N2O4S. The molecule has 1 aliphatic rings. The maximum atomic E-state index is 14.8. The number of nitrogens with one attached hydrogen (secondary N) is 1. The molecule has 0 aromatic heterocycles. The molecule has 4 rings (SSSR count). The third-order valence-electron chi connectivity index (χ3n) is 7.69. The lowest BCUT2D eigenvalue weighted by Gasteiger charge is -2.35. The van der Waals surface area contributed by atoms with Gasteiger partial charge in [-0.2, -0.15) is 13.2 Å². The third kappa shape index (κ3) is 9.26. The molecule has 0 bridgehead atoms. The van der Waals surface area contributed by atoms with Crippen LogP contribution in [0.2, 0.25) is 0 Å². The molecule has 0 spiro atoms. The van der Waals surface area contributed by atoms with Crippen LogP contribution in [0.5, 0.6) is 5.75 Å². The van der Waals surface area contributed by atoms with Crippen LogP contribution < -0.4 is 15.8 Å². The molecule has 0 radical (unpaired) electrons. The number of hydrogen-bond acceptors (Lipinski definition) is 6. The van der Waals surface area contributed by atoms with E-state index in [1.807, 2.05) is 12.1 Å². The highest BCUT2D eigenvalue weighted by molar-refractivity contribution is 7.85. The Balaban J connectivity index is 1.44. The van der Waals surface area contributed by atoms with Crippen LogP contribution in [0.1, 0.15) is 43.0 Å². The number of anilines is 1. The van der Waals surface area contributed by atoms with Gasteiger partial charge in [0.1, 0.15) is 17.3 Å². The second-order valence-corrected chi connectivity index (χ2v) is 13.9. The first kappa shape index (κ1) is 33.9. The highest BCUT2D eigenvalue weighted by atomic mass is 32.2. The van der Waals surface area contributed by atoms with Crippen LogP contribution in [-0.2, 0) is 40.5 Å². The molecule has 0 amide bonds. The van der Waals surface area contributed by atoms with Crippen molar-refractivity contribution in [1.82, 2.24) is 5.32 Å². The number of rotatable bonds is 11. The molecule has 3 aromatic rings. The summed E-state index contributed by atoms with van der Waals surface area (Å²) in [6.07, 6.45) is -8.05. The number of nitrogen functional groups attached to an aromatic ring is 1. The summed E-state index contributed by atoms with van der Waals surface area (Å²) < 4.78 is 79.6. The van der Waals surface area contributed by atoms with Gasteiger partial charge in [-0.05, 0) is 46.2 Å². The van der Waals surface area contributed by atoms with Gasteiger partial charge in [0.2, 0.25) is 6.10 Å². The van der Waals surface area contributed by atoms with Crippen LogP contribution in [0.4, 0.5) is 23.2 Å². The second kappa shape index (κ2) is 14.4. The second-order valence-electron chi connectivity index (χ2n) is 12.3. The standard InChI is InChI=1S/C33H40F4N2O4S/c1-32(2,3)25-11-7-10-22(13-25)16-39-27-20-44(41)19-24(31(27)40)12-23-14-26(34)30(38)28(15-23)43-29(33(35,36)37)18-42-17-21-8-5-4-6-9-21/h4-11,13-15,24,27,29,31,39-40H,12,16-20,38H2,1-3H3/t24-,27+,29-,31+,44-/m1/s1. The van der Waals surface area contributed by atoms with Crippen molar-refractivity contribution in [1.29, 1.82) is 0 Å². The lowest BCUT2D eigenvalue weighted by molar-refractivity contribution is -0.209. The summed E-state index contributed by atoms with van der Waals surface area (Å²) in [4.78, 5) is 0. The number of benzene rings is 3. The van der Waals surface area contributed by atoms with Crippen molar-refractivity contribution in [3.63, 3.8) is 0 Å². The molecule has 5 atom stereocenters. The number of aliphatic hydroxyl groups is 1. The summed E-state index contributed by atoms with van der Waals surface area (Å²) in [7, 11) is -1.26. The van der Waals surface area contributed by atoms with E-state index in [1.165, 1.54) is 11.6 Å². The van der Waals surface area contributed by atoms with Crippen LogP contribution >= 0.6 is 0 Å². The highest BCUT2D eigenvalue weighted by Crippen LogP contribution is 2.33. The van der Waals surface area contributed by atoms with Crippen molar-refractivity contribution in [2.24, 2.45) is 5.92 Å². The van der Waals surface area contributed by atoms with E-state index in [1.54, 1.807) is 30.3 Å². The average molecular weight is 637 g/mol. The Morgan fingerprint density at radius 1 is 1.00 bits per heavy atom. The predicted octanol–water partition coefficient (Wildman–Crippen LogP) is 5.67. The first-order valence-electron chi connectivity index (χ1n) is 14.5. The Morgan fingerprint density at radius 3 is 2.39 bits per heavy atom. The van der Waals surface area contributed by atoms with Gasteiger partial charge in [-0.15, -0.1) is 0 Å². The molecule has 1 aliphatic heterocycles. The van der Waals surface area contributed by atoms with Crippen molar-refractivity contribution in [3.05, 3.63) is 94.8 Å². The molecule has 44 heavy (non-hydrogen) atoms. The molecule has 11 heteroatoms. The van der Waals surface area contributed by atoms with Gasteiger partial charge in [0.15, 0.2) is 0 Å². The van der Waals surface area contributed by atoms with Crippen molar-refractivity contribution in [2.45, 2.75) is 70.2 Å². The summed E-state index contributed by atoms with van der Waals surface area (Å²) in [6, 6.07) is 18.7. The average Bonchev–Trinajstić information content (AvgIpc) is 2.95. The first-order chi connectivity index (χ1) is 20.7. The van der Waals surface area contributed by atoms with Gasteiger partial charge in [0.25, 0.3) is 0 Å². The van der Waals surface area contributed by atoms with Crippen molar-refractivity contribution in [3.8, 4) is 5.75 Å². The zero-order valence-electron chi connectivity index (χ0n) is 25.1. The zero-order valence-corrected chi connectivity index (χ0v) is 25.9. The first-order valence-corrected chi connectivity index (χ1v) is 16.0. The van der Waals surface area contributed by atoms with E-state index in [0.29, 0.717) is 12.1 Å². The Bertz CT molecular complexity index is 1420. The Kier molecular flexibility index (Phi) is 11.1. The normalized spacial score (nSPS) is 21.6. The zero-order chi connectivity index (χ0) is 32.1. The summed E-state index contributed by atoms with van der Waals surface area (Å²) in [5.74, 6) is -1.53. The number of nitrogens with two attached hydrogens (primary N) is 1. The van der Waals surface area contributed by atoms with Crippen molar-refractivity contribution in [2.75, 3.05) is 23.8 Å². The molecule has 0 unspecified atom stereocenters. The number of alkyl halides is 3. The number of ether oxygens (including phenoxy) is 2. The maximum Gasteiger partial charge on any atom is 0.427 e. The van der Waals surface area contributed by atoms with E-state index in [4.69, 9.17) is 15.2 Å². The molecule has 0 aliphatic carbocycles. The van der Waals surface area contributed by atoms with Crippen molar-refractivity contribution >= 4 is 16.5 Å². The van der Waals surface area contributed by atoms with E-state index < -0.39 is 65.0 Å². The Labute approximate surface area is 258 Å². The van der Waals surface area contributed by atoms with Crippen molar-refractivity contribution < 1.29 is 36.4 Å². The highest BCUT2D eigenvalue weighted by Gasteiger charge is 2.43. The molecule has 0 saturated carbocycles. The quantitative estimate of drug-likeness (QED) is 0.186. The van der Waals surface area contributed by atoms with Crippen LogP contribution in [0.15, 0.2) is 66.7 Å². The fraction of sp³-hybridized carbons (Fsp3) is 0.455. The number of hydrogen-bond donors (Lipinski definition) is 3. The van der Waals surface area contributed by atoms with Gasteiger partial charge in [-0.3, -0.25) is 4.21 Å². The summed E-state index contributed by atoms with van der Waals surface area (Å²) in [6.45, 7) is 5.94. The number of aliphatic hydroxyl groups excluding tert-OH is 1. The molecule has 1 heterocycles. The molecule has 6 nitrogen and oxygen atoms in total. The Hall–Kier alpha value is -2.99. The molecular weight excluding hydrogens is 596 g/mol. The van der Waals surface area contributed by atoms with E-state index >= 15 is 0 Å². The van der Waals surface area contributed by atoms with Crippen LogP contribution in [-0.4, -0.2) is 51.9 Å². The van der Waals surface area contributed by atoms with Gasteiger partial charge < -0.3 is 25.6 Å². The number of halogens is 4. The van der Waals surface area contributed by atoms with Crippen LogP contribution in [0.25, 0.3) is 0 Å². The van der Waals surface area contributed by atoms with E-state index in [-0.39, 0.29) is 35.5 Å². The predicted molar refractivity (Wildman–Crippen MR) is 164 cm³/mol.